The maximum atomic E-state index is 12.3. The third-order valence-electron chi connectivity index (χ3n) is 4.27. The van der Waals surface area contributed by atoms with Gasteiger partial charge in [0.25, 0.3) is 5.91 Å². The first kappa shape index (κ1) is 18.6. The van der Waals surface area contributed by atoms with Crippen molar-refractivity contribution >= 4 is 22.7 Å². The Labute approximate surface area is 145 Å². The van der Waals surface area contributed by atoms with Gasteiger partial charge < -0.3 is 10.1 Å². The summed E-state index contributed by atoms with van der Waals surface area (Å²) in [5, 5.41) is 2.98. The second kappa shape index (κ2) is 8.97. The van der Waals surface area contributed by atoms with E-state index in [0.29, 0.717) is 4.90 Å². The topological polar surface area (TPSA) is 72.5 Å². The van der Waals surface area contributed by atoms with Crippen molar-refractivity contribution in [2.45, 2.75) is 62.5 Å². The average Bonchev–Trinajstić information content (AvgIpc) is 2.83. The fourth-order valence-electron chi connectivity index (χ4n) is 2.91. The second-order valence-electron chi connectivity index (χ2n) is 6.19. The van der Waals surface area contributed by atoms with Crippen LogP contribution in [0, 0.1) is 0 Å². The number of esters is 1. The van der Waals surface area contributed by atoms with Gasteiger partial charge in [-0.25, -0.2) is 4.79 Å². The molecule has 0 spiro atoms. The summed E-state index contributed by atoms with van der Waals surface area (Å²) in [7, 11) is -1.30. The quantitative estimate of drug-likeness (QED) is 0.654. The molecule has 2 rings (SSSR count). The van der Waals surface area contributed by atoms with Crippen molar-refractivity contribution in [2.75, 3.05) is 6.26 Å². The van der Waals surface area contributed by atoms with Gasteiger partial charge in [-0.2, -0.15) is 0 Å². The third kappa shape index (κ3) is 5.16. The predicted molar refractivity (Wildman–Crippen MR) is 93.3 cm³/mol. The van der Waals surface area contributed by atoms with Gasteiger partial charge in [-0.05, 0) is 31.9 Å². The summed E-state index contributed by atoms with van der Waals surface area (Å²) >= 11 is 0. The molecule has 0 heterocycles. The van der Waals surface area contributed by atoms with E-state index in [0.717, 1.165) is 25.7 Å². The molecule has 6 heteroatoms. The molecule has 0 aromatic heterocycles. The van der Waals surface area contributed by atoms with Gasteiger partial charge in [0.2, 0.25) is 0 Å². The molecule has 132 valence electrons. The van der Waals surface area contributed by atoms with Gasteiger partial charge in [-0.15, -0.1) is 0 Å². The number of carbonyl (C=O) groups excluding carboxylic acids is 2. The van der Waals surface area contributed by atoms with Gasteiger partial charge in [0.15, 0.2) is 6.10 Å². The summed E-state index contributed by atoms with van der Waals surface area (Å²) in [6, 6.07) is 6.76. The van der Waals surface area contributed by atoms with Gasteiger partial charge in [0.05, 0.1) is 21.3 Å². The standard InChI is InChI=1S/C18H25NO4S/c1-13(17(20)19-14-9-5-3-4-6-10-14)23-18(21)15-11-7-8-12-16(15)24(2)22/h7-8,11-14H,3-6,9-10H2,1-2H3,(H,19,20)/t13-,24+/m1/s1. The number of nitrogens with one attached hydrogen (secondary N) is 1. The summed E-state index contributed by atoms with van der Waals surface area (Å²) in [5.74, 6) is -0.894. The van der Waals surface area contributed by atoms with Crippen LogP contribution >= 0.6 is 0 Å². The molecular weight excluding hydrogens is 326 g/mol. The van der Waals surface area contributed by atoms with E-state index in [2.05, 4.69) is 5.32 Å². The maximum Gasteiger partial charge on any atom is 0.340 e. The molecule has 1 aromatic carbocycles. The van der Waals surface area contributed by atoms with Crippen molar-refractivity contribution < 1.29 is 18.5 Å². The first-order chi connectivity index (χ1) is 11.5. The highest BCUT2D eigenvalue weighted by Crippen LogP contribution is 2.18. The van der Waals surface area contributed by atoms with Crippen LogP contribution in [0.4, 0.5) is 0 Å². The number of ether oxygens (including phenoxy) is 1. The Morgan fingerprint density at radius 2 is 1.79 bits per heavy atom. The number of amides is 1. The fourth-order valence-corrected chi connectivity index (χ4v) is 3.64. The molecule has 2 atom stereocenters. The lowest BCUT2D eigenvalue weighted by molar-refractivity contribution is -0.129. The Bertz CT molecular complexity index is 609. The SMILES string of the molecule is C[C@@H](OC(=O)c1ccccc1[S@](C)=O)C(=O)NC1CCCCCC1. The van der Waals surface area contributed by atoms with Crippen LogP contribution < -0.4 is 5.32 Å². The van der Waals surface area contributed by atoms with E-state index in [4.69, 9.17) is 4.74 Å². The molecule has 1 aromatic rings. The summed E-state index contributed by atoms with van der Waals surface area (Å²) in [5.41, 5.74) is 0.243. The lowest BCUT2D eigenvalue weighted by Crippen LogP contribution is -2.41. The Kier molecular flexibility index (Phi) is 6.97. The zero-order valence-electron chi connectivity index (χ0n) is 14.2. The first-order valence-corrected chi connectivity index (χ1v) is 9.98. The van der Waals surface area contributed by atoms with E-state index in [1.54, 1.807) is 31.2 Å². The number of rotatable bonds is 5. The maximum absolute atomic E-state index is 12.3. The van der Waals surface area contributed by atoms with Crippen molar-refractivity contribution in [1.29, 1.82) is 0 Å². The summed E-state index contributed by atoms with van der Waals surface area (Å²) in [6.45, 7) is 1.56. The Morgan fingerprint density at radius 3 is 2.42 bits per heavy atom. The molecule has 0 radical (unpaired) electrons. The minimum Gasteiger partial charge on any atom is -0.449 e. The molecule has 1 aliphatic carbocycles. The molecule has 0 aliphatic heterocycles. The molecule has 24 heavy (non-hydrogen) atoms. The highest BCUT2D eigenvalue weighted by atomic mass is 32.2. The van der Waals surface area contributed by atoms with Crippen LogP contribution in [0.15, 0.2) is 29.2 Å². The molecule has 1 fully saturated rings. The van der Waals surface area contributed by atoms with Crippen LogP contribution in [0.2, 0.25) is 0 Å². The monoisotopic (exact) mass is 351 g/mol. The van der Waals surface area contributed by atoms with Gasteiger partial charge in [0, 0.05) is 12.3 Å². The number of hydrogen-bond acceptors (Lipinski definition) is 4. The Morgan fingerprint density at radius 1 is 1.17 bits per heavy atom. The molecule has 1 saturated carbocycles. The predicted octanol–water partition coefficient (Wildman–Crippen LogP) is 2.81. The highest BCUT2D eigenvalue weighted by Gasteiger charge is 2.23. The van der Waals surface area contributed by atoms with Gasteiger partial charge >= 0.3 is 5.97 Å². The van der Waals surface area contributed by atoms with Crippen LogP contribution in [0.1, 0.15) is 55.8 Å². The van der Waals surface area contributed by atoms with Gasteiger partial charge in [-0.3, -0.25) is 9.00 Å². The average molecular weight is 351 g/mol. The molecule has 0 saturated heterocycles. The van der Waals surface area contributed by atoms with Crippen LogP contribution in [0.25, 0.3) is 0 Å². The van der Waals surface area contributed by atoms with E-state index in [9.17, 15) is 13.8 Å². The molecule has 1 aliphatic rings. The Hall–Kier alpha value is -1.69. The van der Waals surface area contributed by atoms with Crippen molar-refractivity contribution in [1.82, 2.24) is 5.32 Å². The van der Waals surface area contributed by atoms with Crippen LogP contribution in [0.5, 0.6) is 0 Å². The minimum atomic E-state index is -1.30. The number of hydrogen-bond donors (Lipinski definition) is 1. The lowest BCUT2D eigenvalue weighted by atomic mass is 10.1. The Balaban J connectivity index is 1.95. The second-order valence-corrected chi connectivity index (χ2v) is 7.54. The summed E-state index contributed by atoms with van der Waals surface area (Å²) < 4.78 is 17.0. The van der Waals surface area contributed by atoms with E-state index < -0.39 is 22.9 Å². The van der Waals surface area contributed by atoms with Crippen LogP contribution in [-0.4, -0.2) is 34.5 Å². The number of carbonyl (C=O) groups is 2. The third-order valence-corrected chi connectivity index (χ3v) is 5.25. The summed E-state index contributed by atoms with van der Waals surface area (Å²) in [6.07, 6.45) is 7.24. The largest absolute Gasteiger partial charge is 0.449 e. The van der Waals surface area contributed by atoms with E-state index >= 15 is 0 Å². The molecular formula is C18H25NO4S. The normalized spacial score (nSPS) is 18.2. The van der Waals surface area contributed by atoms with Crippen molar-refractivity contribution in [2.24, 2.45) is 0 Å². The first-order valence-electron chi connectivity index (χ1n) is 8.43. The van der Waals surface area contributed by atoms with Crippen LogP contribution in [-0.2, 0) is 20.3 Å². The smallest absolute Gasteiger partial charge is 0.340 e. The van der Waals surface area contributed by atoms with E-state index in [-0.39, 0.29) is 17.5 Å². The zero-order chi connectivity index (χ0) is 17.5. The number of benzene rings is 1. The fraction of sp³-hybridized carbons (Fsp3) is 0.556. The van der Waals surface area contributed by atoms with Crippen molar-refractivity contribution in [3.8, 4) is 0 Å². The van der Waals surface area contributed by atoms with E-state index in [1.165, 1.54) is 19.1 Å². The van der Waals surface area contributed by atoms with Crippen LogP contribution in [0.3, 0.4) is 0 Å². The molecule has 0 bridgehead atoms. The molecule has 0 unspecified atom stereocenters. The minimum absolute atomic E-state index is 0.164. The van der Waals surface area contributed by atoms with Gasteiger partial charge in [-0.1, -0.05) is 37.8 Å². The molecule has 1 N–H and O–H groups in total. The highest BCUT2D eigenvalue weighted by molar-refractivity contribution is 7.84. The molecule has 1 amide bonds. The lowest BCUT2D eigenvalue weighted by Gasteiger charge is -2.20. The van der Waals surface area contributed by atoms with E-state index in [1.807, 2.05) is 0 Å². The van der Waals surface area contributed by atoms with Gasteiger partial charge in [0.1, 0.15) is 0 Å². The van der Waals surface area contributed by atoms with Crippen molar-refractivity contribution in [3.63, 3.8) is 0 Å². The zero-order valence-corrected chi connectivity index (χ0v) is 15.1. The molecule has 5 nitrogen and oxygen atoms in total. The van der Waals surface area contributed by atoms with Crippen molar-refractivity contribution in [3.05, 3.63) is 29.8 Å². The summed E-state index contributed by atoms with van der Waals surface area (Å²) in [4.78, 5) is 25.0.